The van der Waals surface area contributed by atoms with E-state index in [1.807, 2.05) is 20.8 Å². The lowest BCUT2D eigenvalue weighted by molar-refractivity contribution is 0.244. The van der Waals surface area contributed by atoms with E-state index in [1.54, 1.807) is 18.5 Å². The van der Waals surface area contributed by atoms with E-state index in [0.29, 0.717) is 5.69 Å². The maximum Gasteiger partial charge on any atom is 0.319 e. The van der Waals surface area contributed by atoms with Gasteiger partial charge in [0.05, 0.1) is 10.2 Å². The van der Waals surface area contributed by atoms with E-state index in [9.17, 15) is 4.79 Å². The van der Waals surface area contributed by atoms with Gasteiger partial charge >= 0.3 is 6.03 Å². The van der Waals surface area contributed by atoms with Gasteiger partial charge in [-0.05, 0) is 42.8 Å². The molecule has 1 heterocycles. The average Bonchev–Trinajstić information content (AvgIpc) is 2.05. The Morgan fingerprint density at radius 2 is 2.13 bits per heavy atom. The van der Waals surface area contributed by atoms with Crippen LogP contribution in [0, 0.1) is 0 Å². The fraction of sp³-hybridized carbons (Fsp3) is 0.400. The molecular formula is C10H14BrN3O. The number of nitrogens with zero attached hydrogens (tertiary/aromatic N) is 1. The van der Waals surface area contributed by atoms with Crippen LogP contribution < -0.4 is 10.6 Å². The highest BCUT2D eigenvalue weighted by atomic mass is 79.9. The molecule has 0 saturated heterocycles. The van der Waals surface area contributed by atoms with Gasteiger partial charge in [-0.2, -0.15) is 0 Å². The van der Waals surface area contributed by atoms with E-state index in [2.05, 4.69) is 31.5 Å². The summed E-state index contributed by atoms with van der Waals surface area (Å²) in [4.78, 5) is 15.4. The molecule has 2 N–H and O–H groups in total. The Bertz CT molecular complexity index is 360. The first kappa shape index (κ1) is 12.0. The summed E-state index contributed by atoms with van der Waals surface area (Å²) < 4.78 is 0.758. The van der Waals surface area contributed by atoms with Crippen molar-refractivity contribution in [1.82, 2.24) is 10.3 Å². The number of pyridine rings is 1. The van der Waals surface area contributed by atoms with E-state index in [-0.39, 0.29) is 11.6 Å². The molecule has 0 aliphatic carbocycles. The second-order valence-corrected chi connectivity index (χ2v) is 5.04. The number of aromatic nitrogens is 1. The Morgan fingerprint density at radius 3 is 2.67 bits per heavy atom. The van der Waals surface area contributed by atoms with Crippen LogP contribution in [0.1, 0.15) is 20.8 Å². The zero-order valence-corrected chi connectivity index (χ0v) is 10.6. The van der Waals surface area contributed by atoms with Crippen LogP contribution in [0.15, 0.2) is 22.9 Å². The SMILES string of the molecule is CC(C)(C)NC(=O)Nc1ccncc1Br. The number of nitrogens with one attached hydrogen (secondary N) is 2. The molecule has 15 heavy (non-hydrogen) atoms. The maximum absolute atomic E-state index is 11.5. The third-order valence-electron chi connectivity index (χ3n) is 1.51. The Morgan fingerprint density at radius 1 is 1.47 bits per heavy atom. The van der Waals surface area contributed by atoms with Gasteiger partial charge in [0.25, 0.3) is 0 Å². The highest BCUT2D eigenvalue weighted by Crippen LogP contribution is 2.19. The molecule has 1 aromatic rings. The van der Waals surface area contributed by atoms with Crippen LogP contribution in [0.5, 0.6) is 0 Å². The van der Waals surface area contributed by atoms with E-state index in [4.69, 9.17) is 0 Å². The maximum atomic E-state index is 11.5. The molecule has 2 amide bonds. The molecule has 0 unspecified atom stereocenters. The number of amides is 2. The first-order chi connectivity index (χ1) is 6.88. The normalized spacial score (nSPS) is 10.9. The lowest BCUT2D eigenvalue weighted by Crippen LogP contribution is -2.43. The van der Waals surface area contributed by atoms with Crippen LogP contribution in [-0.2, 0) is 0 Å². The number of hydrogen-bond acceptors (Lipinski definition) is 2. The molecular weight excluding hydrogens is 258 g/mol. The van der Waals surface area contributed by atoms with Crippen LogP contribution in [0.4, 0.5) is 10.5 Å². The van der Waals surface area contributed by atoms with Crippen molar-refractivity contribution in [3.05, 3.63) is 22.9 Å². The molecule has 1 aromatic heterocycles. The summed E-state index contributed by atoms with van der Waals surface area (Å²) in [7, 11) is 0. The van der Waals surface area contributed by atoms with Crippen molar-refractivity contribution in [2.24, 2.45) is 0 Å². The van der Waals surface area contributed by atoms with Crippen LogP contribution >= 0.6 is 15.9 Å². The van der Waals surface area contributed by atoms with Crippen LogP contribution in [-0.4, -0.2) is 16.6 Å². The van der Waals surface area contributed by atoms with Gasteiger partial charge in [-0.1, -0.05) is 0 Å². The molecule has 0 bridgehead atoms. The lowest BCUT2D eigenvalue weighted by atomic mass is 10.1. The topological polar surface area (TPSA) is 54.0 Å². The average molecular weight is 272 g/mol. The molecule has 5 heteroatoms. The Balaban J connectivity index is 2.64. The molecule has 4 nitrogen and oxygen atoms in total. The molecule has 0 spiro atoms. The number of carbonyl (C=O) groups is 1. The molecule has 0 radical (unpaired) electrons. The van der Waals surface area contributed by atoms with Gasteiger partial charge in [0.15, 0.2) is 0 Å². The molecule has 0 aliphatic rings. The summed E-state index contributed by atoms with van der Waals surface area (Å²) in [6, 6.07) is 1.50. The minimum absolute atomic E-state index is 0.227. The summed E-state index contributed by atoms with van der Waals surface area (Å²) in [6.07, 6.45) is 3.25. The third-order valence-corrected chi connectivity index (χ3v) is 2.14. The molecule has 1 rings (SSSR count). The van der Waals surface area contributed by atoms with Crippen molar-refractivity contribution >= 4 is 27.6 Å². The van der Waals surface area contributed by atoms with Crippen molar-refractivity contribution in [1.29, 1.82) is 0 Å². The van der Waals surface area contributed by atoms with Gasteiger partial charge in [-0.15, -0.1) is 0 Å². The zero-order valence-electron chi connectivity index (χ0n) is 8.97. The smallest absolute Gasteiger partial charge is 0.319 e. The van der Waals surface area contributed by atoms with E-state index in [0.717, 1.165) is 4.47 Å². The third kappa shape index (κ3) is 4.29. The number of anilines is 1. The summed E-state index contributed by atoms with van der Waals surface area (Å²) in [6.45, 7) is 5.77. The largest absolute Gasteiger partial charge is 0.333 e. The predicted molar refractivity (Wildman–Crippen MR) is 63.8 cm³/mol. The summed E-state index contributed by atoms with van der Waals surface area (Å²) >= 11 is 3.30. The van der Waals surface area contributed by atoms with Gasteiger partial charge in [0.2, 0.25) is 0 Å². The second kappa shape index (κ2) is 4.61. The van der Waals surface area contributed by atoms with E-state index < -0.39 is 0 Å². The minimum Gasteiger partial charge on any atom is -0.333 e. The highest BCUT2D eigenvalue weighted by Gasteiger charge is 2.14. The van der Waals surface area contributed by atoms with Crippen LogP contribution in [0.25, 0.3) is 0 Å². The molecule has 0 aromatic carbocycles. The standard InChI is InChI=1S/C10H14BrN3O/c1-10(2,3)14-9(15)13-8-4-5-12-6-7(8)11/h4-6H,1-3H3,(H2,12,13,14,15). The van der Waals surface area contributed by atoms with Gasteiger partial charge < -0.3 is 10.6 Å². The second-order valence-electron chi connectivity index (χ2n) is 4.18. The number of rotatable bonds is 1. The predicted octanol–water partition coefficient (Wildman–Crippen LogP) is 2.76. The van der Waals surface area contributed by atoms with Gasteiger partial charge in [0.1, 0.15) is 0 Å². The highest BCUT2D eigenvalue weighted by molar-refractivity contribution is 9.10. The van der Waals surface area contributed by atoms with Gasteiger partial charge in [-0.3, -0.25) is 4.98 Å². The fourth-order valence-corrected chi connectivity index (χ4v) is 1.32. The van der Waals surface area contributed by atoms with Crippen molar-refractivity contribution in [3.8, 4) is 0 Å². The molecule has 0 aliphatic heterocycles. The molecule has 0 fully saturated rings. The van der Waals surface area contributed by atoms with Crippen molar-refractivity contribution in [2.45, 2.75) is 26.3 Å². The number of hydrogen-bond donors (Lipinski definition) is 2. The van der Waals surface area contributed by atoms with Crippen LogP contribution in [0.3, 0.4) is 0 Å². The minimum atomic E-state index is -0.246. The molecule has 0 atom stereocenters. The first-order valence-corrected chi connectivity index (χ1v) is 5.36. The number of halogens is 1. The molecule has 0 saturated carbocycles. The van der Waals surface area contributed by atoms with E-state index in [1.165, 1.54) is 0 Å². The van der Waals surface area contributed by atoms with E-state index >= 15 is 0 Å². The van der Waals surface area contributed by atoms with Crippen molar-refractivity contribution in [2.75, 3.05) is 5.32 Å². The fourth-order valence-electron chi connectivity index (χ4n) is 0.971. The zero-order chi connectivity index (χ0) is 11.5. The first-order valence-electron chi connectivity index (χ1n) is 4.57. The Labute approximate surface area is 97.6 Å². The van der Waals surface area contributed by atoms with Crippen molar-refractivity contribution in [3.63, 3.8) is 0 Å². The lowest BCUT2D eigenvalue weighted by Gasteiger charge is -2.20. The van der Waals surface area contributed by atoms with Crippen LogP contribution in [0.2, 0.25) is 0 Å². The van der Waals surface area contributed by atoms with Gasteiger partial charge in [-0.25, -0.2) is 4.79 Å². The van der Waals surface area contributed by atoms with Gasteiger partial charge in [0, 0.05) is 17.9 Å². The summed E-state index contributed by atoms with van der Waals surface area (Å²) in [5.41, 5.74) is 0.454. The Kier molecular flexibility index (Phi) is 3.68. The Hall–Kier alpha value is -1.10. The number of carbonyl (C=O) groups excluding carboxylic acids is 1. The summed E-state index contributed by atoms with van der Waals surface area (Å²) in [5.74, 6) is 0. The van der Waals surface area contributed by atoms with Crippen molar-refractivity contribution < 1.29 is 4.79 Å². The monoisotopic (exact) mass is 271 g/mol. The summed E-state index contributed by atoms with van der Waals surface area (Å²) in [5, 5.41) is 5.53. The quantitative estimate of drug-likeness (QED) is 0.825. The number of urea groups is 1. The molecule has 82 valence electrons.